The Morgan fingerprint density at radius 2 is 1.86 bits per heavy atom. The molecule has 4 rings (SSSR count). The van der Waals surface area contributed by atoms with Crippen LogP contribution in [0.4, 0.5) is 5.69 Å². The van der Waals surface area contributed by atoms with Crippen molar-refractivity contribution in [3.05, 3.63) is 64.2 Å². The maximum Gasteiger partial charge on any atom is 0.251 e. The van der Waals surface area contributed by atoms with Gasteiger partial charge in [-0.05, 0) is 73.6 Å². The number of hydrogen-bond acceptors (Lipinski definition) is 3. The topological polar surface area (TPSA) is 66.5 Å². The van der Waals surface area contributed by atoms with Crippen molar-refractivity contribution in [2.24, 2.45) is 5.92 Å². The van der Waals surface area contributed by atoms with Crippen LogP contribution in [0.2, 0.25) is 5.02 Å². The first-order valence-electron chi connectivity index (χ1n) is 9.42. The number of fused-ring (bicyclic) bond motifs is 1. The van der Waals surface area contributed by atoms with Crippen molar-refractivity contribution < 1.29 is 13.2 Å². The molecule has 2 atom stereocenters. The minimum absolute atomic E-state index is 0.0375. The molecule has 0 aromatic heterocycles. The summed E-state index contributed by atoms with van der Waals surface area (Å²) < 4.78 is 25.6. The molecule has 1 amide bonds. The molecule has 1 heterocycles. The molecule has 0 saturated heterocycles. The number of sulfonamides is 1. The Morgan fingerprint density at radius 1 is 1.18 bits per heavy atom. The molecule has 2 unspecified atom stereocenters. The molecule has 5 nitrogen and oxygen atoms in total. The highest BCUT2D eigenvalue weighted by Gasteiger charge is 2.35. The Balaban J connectivity index is 1.57. The molecule has 1 saturated carbocycles. The third-order valence-electron chi connectivity index (χ3n) is 5.46. The van der Waals surface area contributed by atoms with E-state index >= 15 is 0 Å². The van der Waals surface area contributed by atoms with Crippen LogP contribution in [0, 0.1) is 5.92 Å². The number of amides is 1. The fourth-order valence-electron chi connectivity index (χ4n) is 4.05. The van der Waals surface area contributed by atoms with Gasteiger partial charge in [0, 0.05) is 16.6 Å². The smallest absolute Gasteiger partial charge is 0.251 e. The van der Waals surface area contributed by atoms with Crippen molar-refractivity contribution in [1.29, 1.82) is 0 Å². The number of nitrogens with one attached hydrogen (secondary N) is 1. The molecule has 2 aliphatic rings. The van der Waals surface area contributed by atoms with E-state index in [1.54, 1.807) is 12.1 Å². The zero-order chi connectivity index (χ0) is 20.1. The predicted molar refractivity (Wildman–Crippen MR) is 111 cm³/mol. The number of carbonyl (C=O) groups is 1. The average Bonchev–Trinajstić information content (AvgIpc) is 3.40. The maximum absolute atomic E-state index is 12.9. The average molecular weight is 419 g/mol. The molecule has 2 aromatic carbocycles. The van der Waals surface area contributed by atoms with Gasteiger partial charge in [-0.3, -0.25) is 9.10 Å². The van der Waals surface area contributed by atoms with E-state index in [-0.39, 0.29) is 18.0 Å². The van der Waals surface area contributed by atoms with E-state index in [1.165, 1.54) is 10.6 Å². The van der Waals surface area contributed by atoms with Gasteiger partial charge in [-0.25, -0.2) is 8.42 Å². The van der Waals surface area contributed by atoms with Gasteiger partial charge in [0.15, 0.2) is 0 Å². The highest BCUT2D eigenvalue weighted by atomic mass is 35.5. The Labute approximate surface area is 170 Å². The summed E-state index contributed by atoms with van der Waals surface area (Å²) in [5, 5.41) is 3.83. The van der Waals surface area contributed by atoms with E-state index in [0.717, 1.165) is 24.0 Å². The number of nitrogens with zero attached hydrogens (tertiary/aromatic N) is 1. The van der Waals surface area contributed by atoms with E-state index < -0.39 is 10.0 Å². The van der Waals surface area contributed by atoms with Crippen LogP contribution >= 0.6 is 11.6 Å². The molecule has 0 spiro atoms. The summed E-state index contributed by atoms with van der Waals surface area (Å²) in [6, 6.07) is 12.7. The number of hydrogen-bond donors (Lipinski definition) is 1. The van der Waals surface area contributed by atoms with E-state index in [0.29, 0.717) is 28.6 Å². The largest absolute Gasteiger partial charge is 0.345 e. The first-order chi connectivity index (χ1) is 13.2. The second kappa shape index (κ2) is 7.08. The number of benzene rings is 2. The third kappa shape index (κ3) is 3.76. The second-order valence-corrected chi connectivity index (χ2v) is 10.1. The van der Waals surface area contributed by atoms with Crippen LogP contribution < -0.4 is 9.62 Å². The van der Waals surface area contributed by atoms with Crippen molar-refractivity contribution in [3.63, 3.8) is 0 Å². The summed E-state index contributed by atoms with van der Waals surface area (Å²) in [4.78, 5) is 12.9. The molecule has 1 N–H and O–H groups in total. The van der Waals surface area contributed by atoms with Crippen molar-refractivity contribution in [2.45, 2.75) is 38.3 Å². The van der Waals surface area contributed by atoms with Gasteiger partial charge in [-0.15, -0.1) is 0 Å². The first-order valence-corrected chi connectivity index (χ1v) is 11.7. The minimum Gasteiger partial charge on any atom is -0.345 e. The number of rotatable bonds is 5. The van der Waals surface area contributed by atoms with Gasteiger partial charge in [-0.2, -0.15) is 0 Å². The molecule has 2 aromatic rings. The number of halogens is 1. The van der Waals surface area contributed by atoms with Gasteiger partial charge in [0.2, 0.25) is 10.0 Å². The van der Waals surface area contributed by atoms with Crippen LogP contribution in [0.5, 0.6) is 0 Å². The lowest BCUT2D eigenvalue weighted by molar-refractivity contribution is 0.0931. The monoisotopic (exact) mass is 418 g/mol. The molecule has 1 aliphatic carbocycles. The lowest BCUT2D eigenvalue weighted by Crippen LogP contribution is -2.34. The Hall–Kier alpha value is -2.05. The summed E-state index contributed by atoms with van der Waals surface area (Å²) in [5.41, 5.74) is 3.17. The fourth-order valence-corrected chi connectivity index (χ4v) is 5.44. The van der Waals surface area contributed by atoms with Crippen LogP contribution in [0.1, 0.15) is 47.3 Å². The normalized spacial score (nSPS) is 20.0. The second-order valence-electron chi connectivity index (χ2n) is 7.80. The van der Waals surface area contributed by atoms with Crippen molar-refractivity contribution in [2.75, 3.05) is 10.6 Å². The van der Waals surface area contributed by atoms with Crippen molar-refractivity contribution in [3.8, 4) is 0 Å². The predicted octanol–water partition coefficient (Wildman–Crippen LogP) is 3.93. The quantitative estimate of drug-likeness (QED) is 0.799. The highest BCUT2D eigenvalue weighted by Crippen LogP contribution is 2.41. The van der Waals surface area contributed by atoms with Gasteiger partial charge in [0.25, 0.3) is 5.91 Å². The summed E-state index contributed by atoms with van der Waals surface area (Å²) in [6.07, 6.45) is 4.01. The van der Waals surface area contributed by atoms with Crippen LogP contribution in [-0.2, 0) is 16.4 Å². The molecule has 148 valence electrons. The Morgan fingerprint density at radius 3 is 2.46 bits per heavy atom. The van der Waals surface area contributed by atoms with E-state index in [1.807, 2.05) is 37.3 Å². The summed E-state index contributed by atoms with van der Waals surface area (Å²) in [7, 11) is -3.34. The minimum atomic E-state index is -3.34. The first kappa shape index (κ1) is 19.3. The van der Waals surface area contributed by atoms with Gasteiger partial charge in [0.1, 0.15) is 0 Å². The van der Waals surface area contributed by atoms with Gasteiger partial charge in [-0.1, -0.05) is 23.7 Å². The van der Waals surface area contributed by atoms with Gasteiger partial charge < -0.3 is 5.32 Å². The number of anilines is 1. The molecule has 1 aliphatic heterocycles. The van der Waals surface area contributed by atoms with Crippen LogP contribution in [0.25, 0.3) is 0 Å². The zero-order valence-corrected chi connectivity index (χ0v) is 17.4. The third-order valence-corrected chi connectivity index (χ3v) is 6.98. The summed E-state index contributed by atoms with van der Waals surface area (Å²) in [6.45, 7) is 1.88. The fraction of sp³-hybridized carbons (Fsp3) is 0.381. The Kier molecular flexibility index (Phi) is 4.88. The molecule has 1 fully saturated rings. The summed E-state index contributed by atoms with van der Waals surface area (Å²) >= 11 is 5.99. The Bertz CT molecular complexity index is 1020. The SMILES string of the molecule is CC1Cc2cc(C(=O)NC(c3ccc(Cl)cc3)C3CC3)ccc2N1S(C)(=O)=O. The molecule has 7 heteroatoms. The van der Waals surface area contributed by atoms with E-state index in [9.17, 15) is 13.2 Å². The van der Waals surface area contributed by atoms with Crippen molar-refractivity contribution >= 4 is 33.2 Å². The molecular weight excluding hydrogens is 396 g/mol. The molecule has 0 radical (unpaired) electrons. The maximum atomic E-state index is 12.9. The highest BCUT2D eigenvalue weighted by molar-refractivity contribution is 7.92. The van der Waals surface area contributed by atoms with E-state index in [2.05, 4.69) is 5.32 Å². The molecule has 28 heavy (non-hydrogen) atoms. The lowest BCUT2D eigenvalue weighted by Gasteiger charge is -2.22. The van der Waals surface area contributed by atoms with Gasteiger partial charge >= 0.3 is 0 Å². The standard InChI is InChI=1S/C21H23ClN2O3S/c1-13-11-17-12-16(7-10-19(17)24(13)28(2,26)27)21(25)23-20(14-3-4-14)15-5-8-18(22)9-6-15/h5-10,12-14,20H,3-4,11H2,1-2H3,(H,23,25). The number of carbonyl (C=O) groups excluding carboxylic acids is 1. The zero-order valence-electron chi connectivity index (χ0n) is 15.9. The molecular formula is C21H23ClN2O3S. The van der Waals surface area contributed by atoms with E-state index in [4.69, 9.17) is 11.6 Å². The van der Waals surface area contributed by atoms with Crippen LogP contribution in [0.3, 0.4) is 0 Å². The van der Waals surface area contributed by atoms with Gasteiger partial charge in [0.05, 0.1) is 18.0 Å². The van der Waals surface area contributed by atoms with Crippen molar-refractivity contribution in [1.82, 2.24) is 5.32 Å². The summed E-state index contributed by atoms with van der Waals surface area (Å²) in [5.74, 6) is 0.306. The van der Waals surface area contributed by atoms with Crippen LogP contribution in [-0.4, -0.2) is 26.6 Å². The molecule has 0 bridgehead atoms. The van der Waals surface area contributed by atoms with Crippen LogP contribution in [0.15, 0.2) is 42.5 Å². The lowest BCUT2D eigenvalue weighted by atomic mass is 10.0.